The molecule has 1 aliphatic heterocycles. The fourth-order valence-corrected chi connectivity index (χ4v) is 2.59. The lowest BCUT2D eigenvalue weighted by Gasteiger charge is -2.13. The number of H-pyrrole nitrogens is 1. The Kier molecular flexibility index (Phi) is 6.01. The number of hydrogen-bond donors (Lipinski definition) is 3. The van der Waals surface area contributed by atoms with Crippen LogP contribution < -0.4 is 15.4 Å². The largest absolute Gasteiger partial charge is 0.494 e. The summed E-state index contributed by atoms with van der Waals surface area (Å²) < 4.78 is 5.46. The molecule has 0 radical (unpaired) electrons. The van der Waals surface area contributed by atoms with Gasteiger partial charge in [-0.05, 0) is 24.6 Å². The number of rotatable bonds is 5. The number of halogens is 1. The zero-order valence-electron chi connectivity index (χ0n) is 13.0. The highest BCUT2D eigenvalue weighted by atomic mass is 35.5. The number of benzene rings is 1. The predicted octanol–water partition coefficient (Wildman–Crippen LogP) is 1.81. The number of aromatic amines is 1. The molecule has 3 N–H and O–H groups in total. The molecule has 2 heterocycles. The highest BCUT2D eigenvalue weighted by Crippen LogP contribution is 2.16. The molecule has 0 spiro atoms. The average molecular weight is 337 g/mol. The predicted molar refractivity (Wildman–Crippen MR) is 90.0 cm³/mol. The molecule has 1 aromatic heterocycles. The van der Waals surface area contributed by atoms with E-state index in [1.807, 2.05) is 31.2 Å². The number of nitrogens with zero attached hydrogens (tertiary/aromatic N) is 1. The Balaban J connectivity index is 0.00000192. The summed E-state index contributed by atoms with van der Waals surface area (Å²) in [4.78, 5) is 12.3. The van der Waals surface area contributed by atoms with E-state index in [1.165, 1.54) is 0 Å². The van der Waals surface area contributed by atoms with E-state index in [9.17, 15) is 4.79 Å². The molecular weight excluding hydrogens is 316 g/mol. The van der Waals surface area contributed by atoms with Crippen molar-refractivity contribution in [1.82, 2.24) is 20.8 Å². The lowest BCUT2D eigenvalue weighted by atomic mass is 10.1. The van der Waals surface area contributed by atoms with Crippen LogP contribution >= 0.6 is 12.4 Å². The number of hydrogen-bond acceptors (Lipinski definition) is 4. The third-order valence-corrected chi connectivity index (χ3v) is 3.68. The second-order valence-electron chi connectivity index (χ2n) is 5.22. The van der Waals surface area contributed by atoms with Crippen LogP contribution in [0.25, 0.3) is 0 Å². The molecular formula is C16H21ClN4O2. The van der Waals surface area contributed by atoms with Crippen molar-refractivity contribution in [2.45, 2.75) is 26.4 Å². The van der Waals surface area contributed by atoms with E-state index in [-0.39, 0.29) is 18.3 Å². The highest BCUT2D eigenvalue weighted by molar-refractivity contribution is 5.94. The molecule has 0 fully saturated rings. The maximum atomic E-state index is 12.3. The van der Waals surface area contributed by atoms with Gasteiger partial charge in [-0.2, -0.15) is 5.10 Å². The molecule has 0 unspecified atom stereocenters. The molecule has 23 heavy (non-hydrogen) atoms. The van der Waals surface area contributed by atoms with Crippen LogP contribution in [0.4, 0.5) is 0 Å². The minimum absolute atomic E-state index is 0. The summed E-state index contributed by atoms with van der Waals surface area (Å²) in [7, 11) is 0. The van der Waals surface area contributed by atoms with Crippen molar-refractivity contribution in [2.75, 3.05) is 13.2 Å². The van der Waals surface area contributed by atoms with Gasteiger partial charge in [-0.25, -0.2) is 0 Å². The summed E-state index contributed by atoms with van der Waals surface area (Å²) in [6.07, 6.45) is 0.881. The molecule has 6 nitrogen and oxygen atoms in total. The second-order valence-corrected chi connectivity index (χ2v) is 5.22. The minimum Gasteiger partial charge on any atom is -0.494 e. The maximum absolute atomic E-state index is 12.3. The third kappa shape index (κ3) is 4.03. The van der Waals surface area contributed by atoms with Crippen LogP contribution in [0.1, 0.15) is 34.2 Å². The summed E-state index contributed by atoms with van der Waals surface area (Å²) in [5, 5.41) is 13.3. The molecule has 0 saturated carbocycles. The van der Waals surface area contributed by atoms with Crippen LogP contribution in [0.3, 0.4) is 0 Å². The summed E-state index contributed by atoms with van der Waals surface area (Å²) in [5.74, 6) is 0.665. The molecule has 1 aromatic carbocycles. The lowest BCUT2D eigenvalue weighted by Crippen LogP contribution is -2.28. The standard InChI is InChI=1S/C16H20N4O2.ClH/c1-2-22-12-5-3-4-11(8-12)9-18-16(21)15-13-10-17-7-6-14(13)19-20-15;/h3-5,8,17H,2,6-7,9-10H2,1H3,(H,18,21)(H,19,20);1H. The summed E-state index contributed by atoms with van der Waals surface area (Å²) in [5.41, 5.74) is 3.53. The SMILES string of the molecule is CCOc1cccc(CNC(=O)c2n[nH]c3c2CNCC3)c1.Cl. The molecule has 2 aromatic rings. The number of nitrogens with one attached hydrogen (secondary N) is 3. The van der Waals surface area contributed by atoms with Gasteiger partial charge in [-0.3, -0.25) is 9.89 Å². The molecule has 0 aliphatic carbocycles. The molecule has 124 valence electrons. The smallest absolute Gasteiger partial charge is 0.272 e. The molecule has 0 bridgehead atoms. The van der Waals surface area contributed by atoms with Gasteiger partial charge >= 0.3 is 0 Å². The summed E-state index contributed by atoms with van der Waals surface area (Å²) in [6, 6.07) is 7.73. The minimum atomic E-state index is -0.150. The van der Waals surface area contributed by atoms with Crippen LogP contribution in [0.5, 0.6) is 5.75 Å². The first-order chi connectivity index (χ1) is 10.8. The number of aromatic nitrogens is 2. The van der Waals surface area contributed by atoms with Crippen molar-refractivity contribution in [2.24, 2.45) is 0 Å². The van der Waals surface area contributed by atoms with Gasteiger partial charge in [0.25, 0.3) is 5.91 Å². The van der Waals surface area contributed by atoms with Crippen LogP contribution in [0.15, 0.2) is 24.3 Å². The number of carbonyl (C=O) groups is 1. The van der Waals surface area contributed by atoms with Gasteiger partial charge in [-0.15, -0.1) is 12.4 Å². The molecule has 7 heteroatoms. The Bertz CT molecular complexity index is 672. The van der Waals surface area contributed by atoms with Crippen LogP contribution in [-0.4, -0.2) is 29.3 Å². The Morgan fingerprint density at radius 3 is 3.13 bits per heavy atom. The normalized spacial score (nSPS) is 12.9. The van der Waals surface area contributed by atoms with E-state index in [0.717, 1.165) is 35.5 Å². The number of amides is 1. The molecule has 1 amide bonds. The van der Waals surface area contributed by atoms with Crippen LogP contribution in [-0.2, 0) is 19.5 Å². The second kappa shape index (κ2) is 7.99. The highest BCUT2D eigenvalue weighted by Gasteiger charge is 2.21. The fourth-order valence-electron chi connectivity index (χ4n) is 2.59. The van der Waals surface area contributed by atoms with Crippen LogP contribution in [0, 0.1) is 0 Å². The Labute approximate surface area is 141 Å². The number of carbonyl (C=O) groups excluding carboxylic acids is 1. The van der Waals surface area contributed by atoms with Crippen molar-refractivity contribution in [3.63, 3.8) is 0 Å². The molecule has 0 saturated heterocycles. The first-order valence-electron chi connectivity index (χ1n) is 7.54. The van der Waals surface area contributed by atoms with Crippen molar-refractivity contribution < 1.29 is 9.53 Å². The van der Waals surface area contributed by atoms with Crippen molar-refractivity contribution in [3.8, 4) is 5.75 Å². The average Bonchev–Trinajstić information content (AvgIpc) is 2.97. The van der Waals surface area contributed by atoms with Gasteiger partial charge in [-0.1, -0.05) is 12.1 Å². The zero-order chi connectivity index (χ0) is 15.4. The van der Waals surface area contributed by atoms with E-state index >= 15 is 0 Å². The maximum Gasteiger partial charge on any atom is 0.272 e. The van der Waals surface area contributed by atoms with E-state index in [2.05, 4.69) is 20.8 Å². The monoisotopic (exact) mass is 336 g/mol. The van der Waals surface area contributed by atoms with E-state index < -0.39 is 0 Å². The van der Waals surface area contributed by atoms with Crippen molar-refractivity contribution >= 4 is 18.3 Å². The van der Waals surface area contributed by atoms with E-state index in [1.54, 1.807) is 0 Å². The molecule has 1 aliphatic rings. The van der Waals surface area contributed by atoms with Gasteiger partial charge in [0.15, 0.2) is 5.69 Å². The lowest BCUT2D eigenvalue weighted by molar-refractivity contribution is 0.0944. The van der Waals surface area contributed by atoms with Gasteiger partial charge in [0.05, 0.1) is 6.61 Å². The number of ether oxygens (including phenoxy) is 1. The van der Waals surface area contributed by atoms with Gasteiger partial charge in [0.1, 0.15) is 5.75 Å². The van der Waals surface area contributed by atoms with Gasteiger partial charge in [0.2, 0.25) is 0 Å². The zero-order valence-corrected chi connectivity index (χ0v) is 13.8. The first kappa shape index (κ1) is 17.3. The Hall–Kier alpha value is -2.05. The number of fused-ring (bicyclic) bond motifs is 1. The fraction of sp³-hybridized carbons (Fsp3) is 0.375. The quantitative estimate of drug-likeness (QED) is 0.778. The van der Waals surface area contributed by atoms with Gasteiger partial charge in [0, 0.05) is 37.3 Å². The topological polar surface area (TPSA) is 79.0 Å². The molecule has 0 atom stereocenters. The molecule has 3 rings (SSSR count). The summed E-state index contributed by atoms with van der Waals surface area (Å²) in [6.45, 7) is 4.63. The van der Waals surface area contributed by atoms with E-state index in [4.69, 9.17) is 4.74 Å². The van der Waals surface area contributed by atoms with Gasteiger partial charge < -0.3 is 15.4 Å². The van der Waals surface area contributed by atoms with Crippen molar-refractivity contribution in [3.05, 3.63) is 46.8 Å². The summed E-state index contributed by atoms with van der Waals surface area (Å²) >= 11 is 0. The first-order valence-corrected chi connectivity index (χ1v) is 7.54. The van der Waals surface area contributed by atoms with Crippen molar-refractivity contribution in [1.29, 1.82) is 0 Å². The third-order valence-electron chi connectivity index (χ3n) is 3.68. The van der Waals surface area contributed by atoms with Crippen LogP contribution in [0.2, 0.25) is 0 Å². The Morgan fingerprint density at radius 1 is 1.43 bits per heavy atom. The van der Waals surface area contributed by atoms with E-state index in [0.29, 0.717) is 25.4 Å². The Morgan fingerprint density at radius 2 is 2.30 bits per heavy atom.